The van der Waals surface area contributed by atoms with Gasteiger partial charge in [-0.2, -0.15) is 0 Å². The van der Waals surface area contributed by atoms with Gasteiger partial charge >= 0.3 is 0 Å². The largest absolute Gasteiger partial charge is 0.350 e. The molecule has 1 aromatic carbocycles. The highest BCUT2D eigenvalue weighted by Gasteiger charge is 2.12. The number of carbonyl (C=O) groups excluding carboxylic acids is 1. The second kappa shape index (κ2) is 7.44. The fourth-order valence-corrected chi connectivity index (χ4v) is 4.28. The Morgan fingerprint density at radius 1 is 1.16 bits per heavy atom. The van der Waals surface area contributed by atoms with Crippen molar-refractivity contribution in [3.8, 4) is 9.88 Å². The van der Waals surface area contributed by atoms with Gasteiger partial charge < -0.3 is 5.32 Å². The van der Waals surface area contributed by atoms with Gasteiger partial charge in [-0.1, -0.05) is 18.2 Å². The smallest absolute Gasteiger partial charge is 0.270 e. The Labute approximate surface area is 153 Å². The van der Waals surface area contributed by atoms with Crippen LogP contribution in [0.15, 0.2) is 52.1 Å². The maximum absolute atomic E-state index is 12.1. The molecule has 0 atom stereocenters. The van der Waals surface area contributed by atoms with Crippen LogP contribution in [-0.4, -0.2) is 25.9 Å². The number of nitrogens with one attached hydrogen (secondary N) is 1. The number of hydrogen-bond donors (Lipinski definition) is 2. The quantitative estimate of drug-likeness (QED) is 0.672. The number of nitrogens with two attached hydrogens (primary N) is 1. The van der Waals surface area contributed by atoms with Crippen LogP contribution in [0.3, 0.4) is 0 Å². The highest BCUT2D eigenvalue weighted by Crippen LogP contribution is 2.27. The Kier molecular flexibility index (Phi) is 5.28. The van der Waals surface area contributed by atoms with E-state index in [2.05, 4.69) is 10.3 Å². The van der Waals surface area contributed by atoms with Crippen LogP contribution in [0, 0.1) is 0 Å². The second-order valence-electron chi connectivity index (χ2n) is 5.21. The van der Waals surface area contributed by atoms with Gasteiger partial charge in [0.2, 0.25) is 10.0 Å². The number of carbonyl (C=O) groups is 1. The zero-order chi connectivity index (χ0) is 17.9. The number of amides is 1. The number of primary sulfonamides is 1. The van der Waals surface area contributed by atoms with Gasteiger partial charge in [-0.25, -0.2) is 18.5 Å². The molecule has 3 rings (SSSR count). The first-order valence-corrected chi connectivity index (χ1v) is 10.6. The Morgan fingerprint density at radius 2 is 1.92 bits per heavy atom. The van der Waals surface area contributed by atoms with E-state index in [-0.39, 0.29) is 10.8 Å². The first kappa shape index (κ1) is 17.7. The van der Waals surface area contributed by atoms with Crippen molar-refractivity contribution in [3.05, 3.63) is 58.4 Å². The molecule has 0 aliphatic carbocycles. The molecule has 0 radical (unpaired) electrons. The van der Waals surface area contributed by atoms with Gasteiger partial charge in [-0.3, -0.25) is 4.79 Å². The van der Waals surface area contributed by atoms with Crippen LogP contribution in [0.2, 0.25) is 0 Å². The number of nitrogens with zero attached hydrogens (tertiary/aromatic N) is 1. The summed E-state index contributed by atoms with van der Waals surface area (Å²) in [6.07, 6.45) is 0.582. The molecule has 6 nitrogen and oxygen atoms in total. The summed E-state index contributed by atoms with van der Waals surface area (Å²) in [6, 6.07) is 10.2. The van der Waals surface area contributed by atoms with E-state index in [1.54, 1.807) is 28.8 Å². The van der Waals surface area contributed by atoms with Crippen LogP contribution in [0.5, 0.6) is 0 Å². The molecule has 0 aliphatic rings. The van der Waals surface area contributed by atoms with Crippen molar-refractivity contribution in [1.29, 1.82) is 0 Å². The SMILES string of the molecule is NS(=O)(=O)c1ccc(CCNC(=O)c2csc(-c3cccs3)n2)cc1. The maximum Gasteiger partial charge on any atom is 0.270 e. The molecule has 0 fully saturated rings. The standard InChI is InChI=1S/C16H15N3O3S3/c17-25(21,22)12-5-3-11(4-6-12)7-8-18-15(20)13-10-24-16(19-13)14-2-1-9-23-14/h1-6,9-10H,7-8H2,(H,18,20)(H2,17,21,22). The number of aromatic nitrogens is 1. The minimum absolute atomic E-state index is 0.0730. The molecular formula is C16H15N3O3S3. The van der Waals surface area contributed by atoms with Crippen molar-refractivity contribution in [1.82, 2.24) is 10.3 Å². The fraction of sp³-hybridized carbons (Fsp3) is 0.125. The summed E-state index contributed by atoms with van der Waals surface area (Å²) in [4.78, 5) is 17.6. The second-order valence-corrected chi connectivity index (χ2v) is 8.58. The molecule has 3 N–H and O–H groups in total. The van der Waals surface area contributed by atoms with Crippen LogP contribution >= 0.6 is 22.7 Å². The summed E-state index contributed by atoms with van der Waals surface area (Å²) in [6.45, 7) is 0.430. The number of thiazole rings is 1. The van der Waals surface area contributed by atoms with E-state index in [4.69, 9.17) is 5.14 Å². The van der Waals surface area contributed by atoms with Crippen molar-refractivity contribution >= 4 is 38.6 Å². The average Bonchev–Trinajstić information content (AvgIpc) is 3.25. The van der Waals surface area contributed by atoms with Gasteiger partial charge in [-0.05, 0) is 35.6 Å². The van der Waals surface area contributed by atoms with Crippen LogP contribution in [0.4, 0.5) is 0 Å². The summed E-state index contributed by atoms with van der Waals surface area (Å²) in [7, 11) is -3.68. The van der Waals surface area contributed by atoms with Gasteiger partial charge in [-0.15, -0.1) is 22.7 Å². The van der Waals surface area contributed by atoms with Crippen LogP contribution in [-0.2, 0) is 16.4 Å². The topological polar surface area (TPSA) is 102 Å². The number of sulfonamides is 1. The lowest BCUT2D eigenvalue weighted by molar-refractivity contribution is 0.0950. The Morgan fingerprint density at radius 3 is 2.56 bits per heavy atom. The predicted molar refractivity (Wildman–Crippen MR) is 99.3 cm³/mol. The van der Waals surface area contributed by atoms with Crippen molar-refractivity contribution in [2.45, 2.75) is 11.3 Å². The van der Waals surface area contributed by atoms with Crippen molar-refractivity contribution in [2.24, 2.45) is 5.14 Å². The summed E-state index contributed by atoms with van der Waals surface area (Å²) in [5.74, 6) is -0.222. The summed E-state index contributed by atoms with van der Waals surface area (Å²) < 4.78 is 22.4. The summed E-state index contributed by atoms with van der Waals surface area (Å²) in [5, 5.41) is 12.4. The first-order valence-electron chi connectivity index (χ1n) is 7.33. The lowest BCUT2D eigenvalue weighted by atomic mass is 10.1. The number of thiophene rings is 1. The molecule has 0 spiro atoms. The zero-order valence-corrected chi connectivity index (χ0v) is 15.5. The lowest BCUT2D eigenvalue weighted by Crippen LogP contribution is -2.26. The number of rotatable bonds is 6. The van der Waals surface area contributed by atoms with Crippen molar-refractivity contribution < 1.29 is 13.2 Å². The normalized spacial score (nSPS) is 11.4. The van der Waals surface area contributed by atoms with Gasteiger partial charge in [0.05, 0.1) is 9.77 Å². The minimum atomic E-state index is -3.68. The van der Waals surface area contributed by atoms with E-state index in [1.807, 2.05) is 17.5 Å². The summed E-state index contributed by atoms with van der Waals surface area (Å²) in [5.41, 5.74) is 1.31. The molecule has 0 saturated carbocycles. The molecule has 2 aromatic heterocycles. The van der Waals surface area contributed by atoms with E-state index in [0.29, 0.717) is 18.7 Å². The molecule has 130 valence electrons. The zero-order valence-electron chi connectivity index (χ0n) is 13.0. The van der Waals surface area contributed by atoms with Gasteiger partial charge in [0.15, 0.2) is 0 Å². The third-order valence-electron chi connectivity index (χ3n) is 3.42. The minimum Gasteiger partial charge on any atom is -0.350 e. The number of benzene rings is 1. The van der Waals surface area contributed by atoms with Crippen LogP contribution in [0.1, 0.15) is 16.1 Å². The first-order chi connectivity index (χ1) is 11.9. The predicted octanol–water partition coefficient (Wildman–Crippen LogP) is 2.49. The van der Waals surface area contributed by atoms with Gasteiger partial charge in [0.25, 0.3) is 5.91 Å². The Bertz CT molecular complexity index is 962. The molecule has 2 heterocycles. The molecule has 0 saturated heterocycles. The van der Waals surface area contributed by atoms with Crippen LogP contribution < -0.4 is 10.5 Å². The molecule has 9 heteroatoms. The monoisotopic (exact) mass is 393 g/mol. The molecule has 0 aliphatic heterocycles. The summed E-state index contributed by atoms with van der Waals surface area (Å²) >= 11 is 3.02. The third-order valence-corrected chi connectivity index (χ3v) is 6.23. The van der Waals surface area contributed by atoms with E-state index in [0.717, 1.165) is 15.4 Å². The molecule has 0 bridgehead atoms. The highest BCUT2D eigenvalue weighted by molar-refractivity contribution is 7.89. The van der Waals surface area contributed by atoms with Gasteiger partial charge in [0.1, 0.15) is 10.7 Å². The average molecular weight is 394 g/mol. The van der Waals surface area contributed by atoms with E-state index >= 15 is 0 Å². The Hall–Kier alpha value is -2.07. The van der Waals surface area contributed by atoms with Crippen molar-refractivity contribution in [2.75, 3.05) is 6.54 Å². The third kappa shape index (κ3) is 4.51. The van der Waals surface area contributed by atoms with E-state index in [9.17, 15) is 13.2 Å². The van der Waals surface area contributed by atoms with E-state index in [1.165, 1.54) is 23.5 Å². The molecule has 25 heavy (non-hydrogen) atoms. The molecule has 1 amide bonds. The fourth-order valence-electron chi connectivity index (χ4n) is 2.15. The molecular weight excluding hydrogens is 378 g/mol. The molecule has 0 unspecified atom stereocenters. The van der Waals surface area contributed by atoms with Gasteiger partial charge in [0, 0.05) is 11.9 Å². The van der Waals surface area contributed by atoms with Crippen LogP contribution in [0.25, 0.3) is 9.88 Å². The maximum atomic E-state index is 12.1. The van der Waals surface area contributed by atoms with E-state index < -0.39 is 10.0 Å². The lowest BCUT2D eigenvalue weighted by Gasteiger charge is -2.04. The Balaban J connectivity index is 1.54. The number of hydrogen-bond acceptors (Lipinski definition) is 6. The van der Waals surface area contributed by atoms with Crippen molar-refractivity contribution in [3.63, 3.8) is 0 Å². The molecule has 3 aromatic rings. The highest BCUT2D eigenvalue weighted by atomic mass is 32.2.